The van der Waals surface area contributed by atoms with E-state index in [1.54, 1.807) is 0 Å². The number of aromatic nitrogens is 1. The van der Waals surface area contributed by atoms with Crippen LogP contribution in [0.25, 0.3) is 12.2 Å². The van der Waals surface area contributed by atoms with Crippen LogP contribution in [0.4, 0.5) is 0 Å². The predicted molar refractivity (Wildman–Crippen MR) is 54.9 cm³/mol. The van der Waals surface area contributed by atoms with Crippen molar-refractivity contribution in [2.24, 2.45) is 7.05 Å². The van der Waals surface area contributed by atoms with Crippen LogP contribution in [-0.4, -0.2) is 4.57 Å². The Bertz CT molecular complexity index is 316. The zero-order chi connectivity index (χ0) is 9.14. The molecular weight excluding hydrogens is 146 g/mol. The predicted octanol–water partition coefficient (Wildman–Crippen LogP) is 3.01. The van der Waals surface area contributed by atoms with Crippen molar-refractivity contribution in [3.8, 4) is 0 Å². The molecule has 0 N–H and O–H groups in total. The van der Waals surface area contributed by atoms with Crippen molar-refractivity contribution in [3.05, 3.63) is 35.7 Å². The van der Waals surface area contributed by atoms with Crippen LogP contribution in [0.2, 0.25) is 0 Å². The van der Waals surface area contributed by atoms with Crippen molar-refractivity contribution in [3.63, 3.8) is 0 Å². The van der Waals surface area contributed by atoms with E-state index in [-0.39, 0.29) is 0 Å². The Morgan fingerprint density at radius 3 is 2.67 bits per heavy atom. The molecule has 0 unspecified atom stereocenters. The molecule has 0 saturated carbocycles. The number of allylic oxidation sites excluding steroid dienone is 1. The molecule has 1 rings (SSSR count). The first-order chi connectivity index (χ1) is 5.70. The number of rotatable bonds is 2. The summed E-state index contributed by atoms with van der Waals surface area (Å²) >= 11 is 0. The highest BCUT2D eigenvalue weighted by Crippen LogP contribution is 2.16. The van der Waals surface area contributed by atoms with Crippen molar-refractivity contribution >= 4 is 12.2 Å². The quantitative estimate of drug-likeness (QED) is 0.628. The van der Waals surface area contributed by atoms with E-state index in [9.17, 15) is 0 Å². The third-order valence-corrected chi connectivity index (χ3v) is 2.09. The van der Waals surface area contributed by atoms with Crippen LogP contribution in [0, 0.1) is 6.92 Å². The summed E-state index contributed by atoms with van der Waals surface area (Å²) in [5.74, 6) is 0. The SMILES string of the molecule is C=Cc1c(/C=C\C)cc(C)n1C. The van der Waals surface area contributed by atoms with Gasteiger partial charge in [-0.1, -0.05) is 18.7 Å². The molecule has 0 spiro atoms. The first-order valence-electron chi connectivity index (χ1n) is 4.12. The van der Waals surface area contributed by atoms with Gasteiger partial charge in [-0.15, -0.1) is 0 Å². The van der Waals surface area contributed by atoms with E-state index in [0.29, 0.717) is 0 Å². The summed E-state index contributed by atoms with van der Waals surface area (Å²) in [5.41, 5.74) is 3.69. The molecule has 12 heavy (non-hydrogen) atoms. The summed E-state index contributed by atoms with van der Waals surface area (Å²) in [6, 6.07) is 2.16. The van der Waals surface area contributed by atoms with Gasteiger partial charge in [-0.2, -0.15) is 0 Å². The number of hydrogen-bond acceptors (Lipinski definition) is 0. The van der Waals surface area contributed by atoms with Crippen LogP contribution in [-0.2, 0) is 7.05 Å². The second-order valence-electron chi connectivity index (χ2n) is 2.89. The zero-order valence-electron chi connectivity index (χ0n) is 7.96. The van der Waals surface area contributed by atoms with Gasteiger partial charge in [0.1, 0.15) is 0 Å². The van der Waals surface area contributed by atoms with Gasteiger partial charge in [0.15, 0.2) is 0 Å². The van der Waals surface area contributed by atoms with Crippen LogP contribution >= 0.6 is 0 Å². The van der Waals surface area contributed by atoms with Crippen LogP contribution in [0.1, 0.15) is 23.9 Å². The molecule has 0 fully saturated rings. The molecule has 64 valence electrons. The van der Waals surface area contributed by atoms with Gasteiger partial charge in [0.2, 0.25) is 0 Å². The summed E-state index contributed by atoms with van der Waals surface area (Å²) in [6.07, 6.45) is 6.04. The van der Waals surface area contributed by atoms with E-state index in [0.717, 1.165) is 0 Å². The molecule has 1 heterocycles. The van der Waals surface area contributed by atoms with Gasteiger partial charge in [-0.25, -0.2) is 0 Å². The third kappa shape index (κ3) is 1.35. The largest absolute Gasteiger partial charge is 0.348 e. The molecule has 0 amide bonds. The van der Waals surface area contributed by atoms with Gasteiger partial charge < -0.3 is 4.57 Å². The molecule has 1 nitrogen and oxygen atoms in total. The third-order valence-electron chi connectivity index (χ3n) is 2.09. The molecule has 0 saturated heterocycles. The number of hydrogen-bond donors (Lipinski definition) is 0. The van der Waals surface area contributed by atoms with E-state index in [4.69, 9.17) is 0 Å². The molecule has 0 bridgehead atoms. The average Bonchev–Trinajstić information content (AvgIpc) is 2.29. The lowest BCUT2D eigenvalue weighted by molar-refractivity contribution is 0.871. The van der Waals surface area contributed by atoms with E-state index in [1.165, 1.54) is 17.0 Å². The highest BCUT2D eigenvalue weighted by atomic mass is 14.9. The van der Waals surface area contributed by atoms with Crippen molar-refractivity contribution in [1.29, 1.82) is 0 Å². The summed E-state index contributed by atoms with van der Waals surface area (Å²) in [6.45, 7) is 7.91. The standard InChI is InChI=1S/C11H15N/c1-5-7-10-8-9(3)12(4)11(10)6-2/h5-8H,2H2,1,3-4H3/b7-5-. The van der Waals surface area contributed by atoms with Gasteiger partial charge in [-0.3, -0.25) is 0 Å². The van der Waals surface area contributed by atoms with Crippen LogP contribution in [0.15, 0.2) is 18.7 Å². The van der Waals surface area contributed by atoms with Crippen molar-refractivity contribution in [2.45, 2.75) is 13.8 Å². The van der Waals surface area contributed by atoms with Gasteiger partial charge in [-0.05, 0) is 31.6 Å². The minimum atomic E-state index is 1.19. The first-order valence-corrected chi connectivity index (χ1v) is 4.12. The number of nitrogens with zero attached hydrogens (tertiary/aromatic N) is 1. The Morgan fingerprint density at radius 1 is 1.50 bits per heavy atom. The summed E-state index contributed by atoms with van der Waals surface area (Å²) < 4.78 is 2.14. The first kappa shape index (κ1) is 8.85. The molecule has 0 atom stereocenters. The van der Waals surface area contributed by atoms with E-state index in [2.05, 4.69) is 37.3 Å². The van der Waals surface area contributed by atoms with Gasteiger partial charge in [0.25, 0.3) is 0 Å². The molecule has 1 aromatic heterocycles. The fraction of sp³-hybridized carbons (Fsp3) is 0.273. The second-order valence-corrected chi connectivity index (χ2v) is 2.89. The molecule has 1 heteroatoms. The Balaban J connectivity index is 3.28. The Labute approximate surface area is 74.0 Å². The molecule has 0 radical (unpaired) electrons. The van der Waals surface area contributed by atoms with Crippen LogP contribution < -0.4 is 0 Å². The summed E-state index contributed by atoms with van der Waals surface area (Å²) in [5, 5.41) is 0. The Morgan fingerprint density at radius 2 is 2.17 bits per heavy atom. The smallest absolute Gasteiger partial charge is 0.0473 e. The normalized spacial score (nSPS) is 10.9. The minimum Gasteiger partial charge on any atom is -0.348 e. The fourth-order valence-electron chi connectivity index (χ4n) is 1.35. The molecule has 0 aliphatic rings. The lowest BCUT2D eigenvalue weighted by Crippen LogP contribution is -1.92. The van der Waals surface area contributed by atoms with E-state index in [1.807, 2.05) is 19.1 Å². The maximum absolute atomic E-state index is 3.79. The summed E-state index contributed by atoms with van der Waals surface area (Å²) in [4.78, 5) is 0. The highest BCUT2D eigenvalue weighted by Gasteiger charge is 2.02. The maximum Gasteiger partial charge on any atom is 0.0473 e. The minimum absolute atomic E-state index is 1.19. The lowest BCUT2D eigenvalue weighted by atomic mass is 10.2. The monoisotopic (exact) mass is 161 g/mol. The van der Waals surface area contributed by atoms with Crippen molar-refractivity contribution < 1.29 is 0 Å². The van der Waals surface area contributed by atoms with Gasteiger partial charge >= 0.3 is 0 Å². The maximum atomic E-state index is 3.79. The average molecular weight is 161 g/mol. The van der Waals surface area contributed by atoms with E-state index < -0.39 is 0 Å². The van der Waals surface area contributed by atoms with E-state index >= 15 is 0 Å². The zero-order valence-corrected chi connectivity index (χ0v) is 7.96. The van der Waals surface area contributed by atoms with Gasteiger partial charge in [0.05, 0.1) is 0 Å². The topological polar surface area (TPSA) is 4.93 Å². The molecule has 1 aromatic rings. The lowest BCUT2D eigenvalue weighted by Gasteiger charge is -1.99. The van der Waals surface area contributed by atoms with Gasteiger partial charge in [0, 0.05) is 18.4 Å². The van der Waals surface area contributed by atoms with Crippen molar-refractivity contribution in [2.75, 3.05) is 0 Å². The highest BCUT2D eigenvalue weighted by molar-refractivity contribution is 5.63. The summed E-state index contributed by atoms with van der Waals surface area (Å²) in [7, 11) is 2.05. The van der Waals surface area contributed by atoms with Crippen LogP contribution in [0.3, 0.4) is 0 Å². The molecule has 0 aromatic carbocycles. The molecule has 0 aliphatic carbocycles. The molecular formula is C11H15N. The Hall–Kier alpha value is -1.24. The Kier molecular flexibility index (Phi) is 2.54. The molecule has 0 aliphatic heterocycles. The van der Waals surface area contributed by atoms with Crippen molar-refractivity contribution in [1.82, 2.24) is 4.57 Å². The van der Waals surface area contributed by atoms with Crippen LogP contribution in [0.5, 0.6) is 0 Å². The number of aryl methyl sites for hydroxylation is 1. The second kappa shape index (κ2) is 3.44. The fourth-order valence-corrected chi connectivity index (χ4v) is 1.35.